The minimum absolute atomic E-state index is 0.358. The maximum atomic E-state index is 8.63. The molecule has 2 unspecified atom stereocenters. The molecule has 0 aliphatic carbocycles. The molecule has 0 aromatic heterocycles. The van der Waals surface area contributed by atoms with Gasteiger partial charge in [0.25, 0.3) is 0 Å². The minimum atomic E-state index is 0.358. The first kappa shape index (κ1) is 11.0. The molecule has 0 spiro atoms. The third-order valence-corrected chi connectivity index (χ3v) is 3.07. The summed E-state index contributed by atoms with van der Waals surface area (Å²) in [5, 5.41) is 17.3. The van der Waals surface area contributed by atoms with E-state index in [9.17, 15) is 0 Å². The van der Waals surface area contributed by atoms with Crippen molar-refractivity contribution in [2.24, 2.45) is 0 Å². The fourth-order valence-corrected chi connectivity index (χ4v) is 1.90. The maximum Gasteiger partial charge on any atom is 0.0869 e. The standard InChI is InChI=1S/C10H16N4/c1-9-10(2)14(6-4-12)8-7-13(9)5-3-11/h9-10H,5-8H2,1-2H3. The van der Waals surface area contributed by atoms with E-state index in [1.807, 2.05) is 0 Å². The van der Waals surface area contributed by atoms with Crippen LogP contribution in [0.2, 0.25) is 0 Å². The van der Waals surface area contributed by atoms with Crippen molar-refractivity contribution in [1.29, 1.82) is 10.5 Å². The van der Waals surface area contributed by atoms with Crippen LogP contribution in [-0.2, 0) is 0 Å². The van der Waals surface area contributed by atoms with Crippen molar-refractivity contribution in [2.75, 3.05) is 26.2 Å². The first-order valence-electron chi connectivity index (χ1n) is 4.92. The Morgan fingerprint density at radius 3 is 1.64 bits per heavy atom. The molecule has 1 aliphatic heterocycles. The molecule has 0 N–H and O–H groups in total. The van der Waals surface area contributed by atoms with Crippen LogP contribution in [0.25, 0.3) is 0 Å². The first-order chi connectivity index (χ1) is 6.70. The molecule has 4 nitrogen and oxygen atoms in total. The normalized spacial score (nSPS) is 29.4. The van der Waals surface area contributed by atoms with Gasteiger partial charge in [-0.1, -0.05) is 0 Å². The highest BCUT2D eigenvalue weighted by molar-refractivity contribution is 4.93. The quantitative estimate of drug-likeness (QED) is 0.595. The van der Waals surface area contributed by atoms with Gasteiger partial charge in [0.15, 0.2) is 0 Å². The van der Waals surface area contributed by atoms with Crippen LogP contribution < -0.4 is 0 Å². The van der Waals surface area contributed by atoms with E-state index >= 15 is 0 Å². The highest BCUT2D eigenvalue weighted by Crippen LogP contribution is 2.15. The summed E-state index contributed by atoms with van der Waals surface area (Å²) in [7, 11) is 0. The number of rotatable bonds is 2. The molecule has 14 heavy (non-hydrogen) atoms. The molecule has 4 heteroatoms. The molecular weight excluding hydrogens is 176 g/mol. The van der Waals surface area contributed by atoms with E-state index < -0.39 is 0 Å². The summed E-state index contributed by atoms with van der Waals surface area (Å²) < 4.78 is 0. The maximum absolute atomic E-state index is 8.63. The van der Waals surface area contributed by atoms with Crippen LogP contribution in [0, 0.1) is 22.7 Å². The monoisotopic (exact) mass is 192 g/mol. The van der Waals surface area contributed by atoms with Gasteiger partial charge in [-0.15, -0.1) is 0 Å². The van der Waals surface area contributed by atoms with Crippen LogP contribution in [0.4, 0.5) is 0 Å². The van der Waals surface area contributed by atoms with Crippen molar-refractivity contribution in [2.45, 2.75) is 25.9 Å². The third kappa shape index (κ3) is 2.23. The average Bonchev–Trinajstić information content (AvgIpc) is 2.18. The van der Waals surface area contributed by atoms with Gasteiger partial charge >= 0.3 is 0 Å². The largest absolute Gasteiger partial charge is 0.285 e. The Hall–Kier alpha value is -1.10. The lowest BCUT2D eigenvalue weighted by molar-refractivity contribution is 0.0533. The van der Waals surface area contributed by atoms with Gasteiger partial charge in [0.1, 0.15) is 0 Å². The van der Waals surface area contributed by atoms with Gasteiger partial charge in [-0.2, -0.15) is 10.5 Å². The van der Waals surface area contributed by atoms with Crippen LogP contribution in [-0.4, -0.2) is 48.1 Å². The van der Waals surface area contributed by atoms with E-state index in [-0.39, 0.29) is 0 Å². The number of nitrogens with zero attached hydrogens (tertiary/aromatic N) is 4. The topological polar surface area (TPSA) is 54.1 Å². The summed E-state index contributed by atoms with van der Waals surface area (Å²) >= 11 is 0. The summed E-state index contributed by atoms with van der Waals surface area (Å²) in [6.07, 6.45) is 0. The van der Waals surface area contributed by atoms with Crippen molar-refractivity contribution >= 4 is 0 Å². The third-order valence-electron chi connectivity index (χ3n) is 3.07. The second kappa shape index (κ2) is 4.95. The second-order valence-electron chi connectivity index (χ2n) is 3.74. The molecule has 1 fully saturated rings. The van der Waals surface area contributed by atoms with E-state index in [1.165, 1.54) is 0 Å². The molecular formula is C10H16N4. The molecule has 1 rings (SSSR count). The zero-order chi connectivity index (χ0) is 10.6. The average molecular weight is 192 g/mol. The number of piperazine rings is 1. The van der Waals surface area contributed by atoms with Gasteiger partial charge in [-0.05, 0) is 13.8 Å². The van der Waals surface area contributed by atoms with Crippen LogP contribution in [0.5, 0.6) is 0 Å². The second-order valence-corrected chi connectivity index (χ2v) is 3.74. The van der Waals surface area contributed by atoms with E-state index in [0.717, 1.165) is 13.1 Å². The van der Waals surface area contributed by atoms with Crippen LogP contribution in [0.15, 0.2) is 0 Å². The van der Waals surface area contributed by atoms with E-state index in [0.29, 0.717) is 25.2 Å². The SMILES string of the molecule is CC1C(C)N(CC#N)CCN1CC#N. The zero-order valence-electron chi connectivity index (χ0n) is 8.77. The molecule has 0 amide bonds. The highest BCUT2D eigenvalue weighted by atomic mass is 15.3. The summed E-state index contributed by atoms with van der Waals surface area (Å²) in [5.41, 5.74) is 0. The van der Waals surface area contributed by atoms with Gasteiger partial charge in [0.2, 0.25) is 0 Å². The predicted molar refractivity (Wildman–Crippen MR) is 53.3 cm³/mol. The fraction of sp³-hybridized carbons (Fsp3) is 0.800. The van der Waals surface area contributed by atoms with E-state index in [4.69, 9.17) is 10.5 Å². The van der Waals surface area contributed by atoms with E-state index in [1.54, 1.807) is 0 Å². The van der Waals surface area contributed by atoms with Crippen LogP contribution >= 0.6 is 0 Å². The molecule has 0 aromatic carbocycles. The fourth-order valence-electron chi connectivity index (χ4n) is 1.90. The summed E-state index contributed by atoms with van der Waals surface area (Å²) in [6, 6.07) is 5.07. The minimum Gasteiger partial charge on any atom is -0.285 e. The van der Waals surface area contributed by atoms with Crippen LogP contribution in [0.3, 0.4) is 0 Å². The number of nitriles is 2. The lowest BCUT2D eigenvalue weighted by Gasteiger charge is -2.43. The van der Waals surface area contributed by atoms with Crippen molar-refractivity contribution < 1.29 is 0 Å². The molecule has 2 atom stereocenters. The Balaban J connectivity index is 2.56. The Morgan fingerprint density at radius 2 is 1.36 bits per heavy atom. The van der Waals surface area contributed by atoms with Crippen molar-refractivity contribution in [3.05, 3.63) is 0 Å². The Bertz CT molecular complexity index is 234. The zero-order valence-corrected chi connectivity index (χ0v) is 8.77. The summed E-state index contributed by atoms with van der Waals surface area (Å²) in [4.78, 5) is 4.33. The van der Waals surface area contributed by atoms with E-state index in [2.05, 4.69) is 35.8 Å². The highest BCUT2D eigenvalue weighted by Gasteiger charge is 2.29. The van der Waals surface area contributed by atoms with Gasteiger partial charge < -0.3 is 0 Å². The Morgan fingerprint density at radius 1 is 1.00 bits per heavy atom. The van der Waals surface area contributed by atoms with Crippen molar-refractivity contribution in [3.63, 3.8) is 0 Å². The lowest BCUT2D eigenvalue weighted by atomic mass is 10.1. The summed E-state index contributed by atoms with van der Waals surface area (Å²) in [5.74, 6) is 0. The van der Waals surface area contributed by atoms with Gasteiger partial charge in [0, 0.05) is 25.2 Å². The molecule has 76 valence electrons. The van der Waals surface area contributed by atoms with Gasteiger partial charge in [-0.25, -0.2) is 0 Å². The Labute approximate surface area is 85.3 Å². The summed E-state index contributed by atoms with van der Waals surface area (Å²) in [6.45, 7) is 7.00. The number of hydrogen-bond acceptors (Lipinski definition) is 4. The van der Waals surface area contributed by atoms with Crippen molar-refractivity contribution in [3.8, 4) is 12.1 Å². The van der Waals surface area contributed by atoms with Gasteiger partial charge in [0.05, 0.1) is 25.2 Å². The Kier molecular flexibility index (Phi) is 3.88. The molecule has 1 heterocycles. The molecule has 0 aromatic rings. The predicted octanol–water partition coefficient (Wildman–Crippen LogP) is 0.428. The molecule has 1 saturated heterocycles. The van der Waals surface area contributed by atoms with Crippen molar-refractivity contribution in [1.82, 2.24) is 9.80 Å². The smallest absolute Gasteiger partial charge is 0.0869 e. The molecule has 0 bridgehead atoms. The molecule has 0 saturated carbocycles. The molecule has 1 aliphatic rings. The van der Waals surface area contributed by atoms with Crippen LogP contribution in [0.1, 0.15) is 13.8 Å². The first-order valence-corrected chi connectivity index (χ1v) is 4.92. The lowest BCUT2D eigenvalue weighted by Crippen LogP contribution is -2.57. The number of hydrogen-bond donors (Lipinski definition) is 0. The van der Waals surface area contributed by atoms with Gasteiger partial charge in [-0.3, -0.25) is 9.80 Å². The molecule has 0 radical (unpaired) electrons.